The number of pyridine rings is 1. The number of benzene rings is 1. The van der Waals surface area contributed by atoms with Crippen LogP contribution in [0.4, 0.5) is 11.4 Å². The quantitative estimate of drug-likeness (QED) is 0.621. The smallest absolute Gasteiger partial charge is 0.286 e. The molecule has 0 saturated carbocycles. The Labute approximate surface area is 138 Å². The Hall–Kier alpha value is -2.81. The molecule has 3 rings (SSSR count). The molecular formula is C15H14N4O4S. The van der Waals surface area contributed by atoms with E-state index in [1.54, 1.807) is 23.2 Å². The lowest BCUT2D eigenvalue weighted by Crippen LogP contribution is -2.37. The first-order valence-corrected chi connectivity index (χ1v) is 8.69. The van der Waals surface area contributed by atoms with E-state index in [0.29, 0.717) is 17.8 Å². The molecule has 0 saturated heterocycles. The van der Waals surface area contributed by atoms with Crippen molar-refractivity contribution in [3.63, 3.8) is 0 Å². The van der Waals surface area contributed by atoms with Crippen LogP contribution >= 0.6 is 0 Å². The summed E-state index contributed by atoms with van der Waals surface area (Å²) in [6, 6.07) is 7.21. The van der Waals surface area contributed by atoms with Crippen molar-refractivity contribution in [1.82, 2.24) is 4.98 Å². The van der Waals surface area contributed by atoms with Crippen LogP contribution in [0.5, 0.6) is 0 Å². The summed E-state index contributed by atoms with van der Waals surface area (Å²) >= 11 is 0. The zero-order valence-electron chi connectivity index (χ0n) is 12.8. The minimum atomic E-state index is -4.03. The minimum absolute atomic E-state index is 0.155. The van der Waals surface area contributed by atoms with Gasteiger partial charge in [0.05, 0.1) is 10.6 Å². The van der Waals surface area contributed by atoms with Crippen LogP contribution in [0.25, 0.3) is 0 Å². The largest absolute Gasteiger partial charge is 0.324 e. The van der Waals surface area contributed by atoms with E-state index in [-0.39, 0.29) is 16.4 Å². The highest BCUT2D eigenvalue weighted by atomic mass is 32.2. The number of anilines is 1. The van der Waals surface area contributed by atoms with Crippen molar-refractivity contribution in [3.8, 4) is 0 Å². The molecule has 24 heavy (non-hydrogen) atoms. The number of non-ortho nitro benzene ring substituents is 1. The number of amidine groups is 1. The normalized spacial score (nSPS) is 15.5. The average Bonchev–Trinajstić information content (AvgIpc) is 2.57. The van der Waals surface area contributed by atoms with Crippen LogP contribution in [0.1, 0.15) is 18.9 Å². The fourth-order valence-electron chi connectivity index (χ4n) is 2.53. The van der Waals surface area contributed by atoms with E-state index >= 15 is 0 Å². The predicted molar refractivity (Wildman–Crippen MR) is 88.7 cm³/mol. The number of nitro groups is 1. The lowest BCUT2D eigenvalue weighted by atomic mass is 10.2. The van der Waals surface area contributed by atoms with E-state index in [9.17, 15) is 18.5 Å². The van der Waals surface area contributed by atoms with Gasteiger partial charge in [0.25, 0.3) is 15.7 Å². The van der Waals surface area contributed by atoms with Gasteiger partial charge in [-0.2, -0.15) is 8.42 Å². The van der Waals surface area contributed by atoms with E-state index in [1.807, 2.05) is 6.92 Å². The molecular weight excluding hydrogens is 332 g/mol. The maximum Gasteiger partial charge on any atom is 0.286 e. The molecule has 0 radical (unpaired) electrons. The van der Waals surface area contributed by atoms with Crippen molar-refractivity contribution < 1.29 is 13.3 Å². The van der Waals surface area contributed by atoms with Crippen LogP contribution in [-0.4, -0.2) is 30.7 Å². The van der Waals surface area contributed by atoms with Crippen LogP contribution in [0.3, 0.4) is 0 Å². The molecule has 0 aliphatic carbocycles. The molecule has 0 fully saturated rings. The Balaban J connectivity index is 2.23. The van der Waals surface area contributed by atoms with Gasteiger partial charge < -0.3 is 4.90 Å². The summed E-state index contributed by atoms with van der Waals surface area (Å²) < 4.78 is 28.9. The van der Waals surface area contributed by atoms with Crippen LogP contribution < -0.4 is 4.90 Å². The molecule has 0 amide bonds. The van der Waals surface area contributed by atoms with Gasteiger partial charge in [0, 0.05) is 36.6 Å². The van der Waals surface area contributed by atoms with Crippen LogP contribution in [0.2, 0.25) is 0 Å². The fourth-order valence-corrected chi connectivity index (χ4v) is 3.77. The van der Waals surface area contributed by atoms with Gasteiger partial charge in [-0.15, -0.1) is 4.40 Å². The van der Waals surface area contributed by atoms with Gasteiger partial charge in [-0.25, -0.2) is 0 Å². The first-order chi connectivity index (χ1) is 11.4. The van der Waals surface area contributed by atoms with E-state index in [1.165, 1.54) is 18.3 Å². The summed E-state index contributed by atoms with van der Waals surface area (Å²) in [6.45, 7) is 2.48. The van der Waals surface area contributed by atoms with E-state index in [0.717, 1.165) is 12.5 Å². The van der Waals surface area contributed by atoms with Gasteiger partial charge in [-0.3, -0.25) is 15.1 Å². The summed E-state index contributed by atoms with van der Waals surface area (Å²) in [5.41, 5.74) is 0.670. The topological polar surface area (TPSA) is 106 Å². The minimum Gasteiger partial charge on any atom is -0.324 e. The Morgan fingerprint density at radius 2 is 2.08 bits per heavy atom. The number of nitrogens with zero attached hydrogens (tertiary/aromatic N) is 4. The Morgan fingerprint density at radius 1 is 1.29 bits per heavy atom. The van der Waals surface area contributed by atoms with Crippen LogP contribution in [0.15, 0.2) is 52.0 Å². The third kappa shape index (κ3) is 2.73. The molecule has 0 spiro atoms. The lowest BCUT2D eigenvalue weighted by Gasteiger charge is -2.30. The summed E-state index contributed by atoms with van der Waals surface area (Å²) in [5, 5.41) is 10.9. The zero-order valence-corrected chi connectivity index (χ0v) is 13.6. The summed E-state index contributed by atoms with van der Waals surface area (Å²) in [7, 11) is -4.03. The van der Waals surface area contributed by atoms with Gasteiger partial charge in [-0.05, 0) is 24.6 Å². The molecule has 9 heteroatoms. The molecule has 1 aromatic heterocycles. The van der Waals surface area contributed by atoms with Crippen molar-refractivity contribution in [2.24, 2.45) is 4.40 Å². The summed E-state index contributed by atoms with van der Waals surface area (Å²) in [6.07, 6.45) is 3.87. The third-order valence-electron chi connectivity index (χ3n) is 3.55. The van der Waals surface area contributed by atoms with Crippen molar-refractivity contribution in [3.05, 3.63) is 58.4 Å². The molecule has 2 aromatic rings. The highest BCUT2D eigenvalue weighted by Crippen LogP contribution is 2.35. The number of rotatable bonds is 4. The second-order valence-electron chi connectivity index (χ2n) is 5.19. The molecule has 8 nitrogen and oxygen atoms in total. The van der Waals surface area contributed by atoms with Gasteiger partial charge in [-0.1, -0.05) is 6.92 Å². The SMILES string of the molecule is CCCN1C(c2cccnc2)=NS(=O)(=O)c2cc([N+](=O)[O-])ccc21. The van der Waals surface area contributed by atoms with Crippen molar-refractivity contribution >= 4 is 27.2 Å². The van der Waals surface area contributed by atoms with Gasteiger partial charge in [0.2, 0.25) is 0 Å². The zero-order chi connectivity index (χ0) is 17.3. The average molecular weight is 346 g/mol. The number of hydrogen-bond donors (Lipinski definition) is 0. The van der Waals surface area contributed by atoms with Crippen molar-refractivity contribution in [2.75, 3.05) is 11.4 Å². The van der Waals surface area contributed by atoms with E-state index < -0.39 is 14.9 Å². The second-order valence-corrected chi connectivity index (χ2v) is 6.76. The molecule has 0 unspecified atom stereocenters. The molecule has 0 atom stereocenters. The molecule has 1 aromatic carbocycles. The molecule has 0 N–H and O–H groups in total. The maximum atomic E-state index is 12.5. The third-order valence-corrected chi connectivity index (χ3v) is 4.85. The van der Waals surface area contributed by atoms with Crippen molar-refractivity contribution in [1.29, 1.82) is 0 Å². The first-order valence-electron chi connectivity index (χ1n) is 7.25. The molecule has 2 heterocycles. The fraction of sp³-hybridized carbons (Fsp3) is 0.200. The molecule has 0 bridgehead atoms. The van der Waals surface area contributed by atoms with Crippen LogP contribution in [0, 0.1) is 10.1 Å². The molecule has 1 aliphatic rings. The highest BCUT2D eigenvalue weighted by Gasteiger charge is 2.32. The van der Waals surface area contributed by atoms with Crippen LogP contribution in [-0.2, 0) is 10.0 Å². The van der Waals surface area contributed by atoms with Gasteiger partial charge in [0.15, 0.2) is 5.84 Å². The summed E-state index contributed by atoms with van der Waals surface area (Å²) in [4.78, 5) is 15.9. The Kier molecular flexibility index (Phi) is 4.02. The first kappa shape index (κ1) is 16.1. The number of hydrogen-bond acceptors (Lipinski definition) is 6. The second kappa shape index (κ2) is 6.00. The maximum absolute atomic E-state index is 12.5. The summed E-state index contributed by atoms with van der Waals surface area (Å²) in [5.74, 6) is 0.270. The number of aromatic nitrogens is 1. The van der Waals surface area contributed by atoms with E-state index in [2.05, 4.69) is 9.38 Å². The Morgan fingerprint density at radius 3 is 2.71 bits per heavy atom. The number of fused-ring (bicyclic) bond motifs is 1. The predicted octanol–water partition coefficient (Wildman–Crippen LogP) is 2.36. The lowest BCUT2D eigenvalue weighted by molar-refractivity contribution is -0.385. The monoisotopic (exact) mass is 346 g/mol. The standard InChI is InChI=1S/C15H14N4O4S/c1-2-8-18-13-6-5-12(19(20)21)9-14(13)24(22,23)17-15(18)11-4-3-7-16-10-11/h3-7,9-10H,2,8H2,1H3. The number of sulfonamides is 1. The van der Waals surface area contributed by atoms with E-state index in [4.69, 9.17) is 0 Å². The van der Waals surface area contributed by atoms with Crippen molar-refractivity contribution in [2.45, 2.75) is 18.2 Å². The molecule has 1 aliphatic heterocycles. The van der Waals surface area contributed by atoms with Gasteiger partial charge in [0.1, 0.15) is 4.90 Å². The highest BCUT2D eigenvalue weighted by molar-refractivity contribution is 7.90. The molecule has 124 valence electrons. The van der Waals surface area contributed by atoms with Gasteiger partial charge >= 0.3 is 0 Å². The Bertz CT molecular complexity index is 926. The number of nitro benzene ring substituents is 1.